The van der Waals surface area contributed by atoms with Crippen molar-refractivity contribution in [3.8, 4) is 0 Å². The van der Waals surface area contributed by atoms with Gasteiger partial charge in [-0.15, -0.1) is 0 Å². The molecule has 2 nitrogen and oxygen atoms in total. The molecule has 0 atom stereocenters. The number of ether oxygens (including phenoxy) is 1. The van der Waals surface area contributed by atoms with Crippen LogP contribution in [0.4, 0.5) is 4.39 Å². The zero-order chi connectivity index (χ0) is 9.52. The lowest BCUT2D eigenvalue weighted by atomic mass is 10.1. The molecule has 1 aromatic carbocycles. The highest BCUT2D eigenvalue weighted by Gasteiger charge is 1.94. The van der Waals surface area contributed by atoms with E-state index in [-0.39, 0.29) is 5.82 Å². The summed E-state index contributed by atoms with van der Waals surface area (Å²) in [4.78, 5) is 0. The lowest BCUT2D eigenvalue weighted by Gasteiger charge is -2.03. The Balaban J connectivity index is 2.28. The van der Waals surface area contributed by atoms with Crippen LogP contribution in [-0.4, -0.2) is 20.4 Å². The standard InChI is InChI=1S/C10H14FNO/c1-13-8-12-6-5-9-3-2-4-10(11)7-9/h2-4,7,12H,5-6,8H2,1H3. The van der Waals surface area contributed by atoms with Gasteiger partial charge in [0.25, 0.3) is 0 Å². The minimum atomic E-state index is -0.177. The maximum atomic E-state index is 12.7. The molecule has 0 aliphatic carbocycles. The van der Waals surface area contributed by atoms with E-state index in [0.717, 1.165) is 18.5 Å². The van der Waals surface area contributed by atoms with Gasteiger partial charge in [0.1, 0.15) is 5.82 Å². The average Bonchev–Trinajstić information content (AvgIpc) is 2.13. The van der Waals surface area contributed by atoms with Crippen LogP contribution in [0.15, 0.2) is 24.3 Å². The zero-order valence-electron chi connectivity index (χ0n) is 7.72. The highest BCUT2D eigenvalue weighted by Crippen LogP contribution is 2.03. The van der Waals surface area contributed by atoms with Gasteiger partial charge in [-0.2, -0.15) is 0 Å². The maximum absolute atomic E-state index is 12.7. The maximum Gasteiger partial charge on any atom is 0.123 e. The van der Waals surface area contributed by atoms with E-state index < -0.39 is 0 Å². The van der Waals surface area contributed by atoms with Gasteiger partial charge in [0.2, 0.25) is 0 Å². The first-order chi connectivity index (χ1) is 6.33. The van der Waals surface area contributed by atoms with E-state index in [1.54, 1.807) is 19.2 Å². The highest BCUT2D eigenvalue weighted by molar-refractivity contribution is 5.16. The number of halogens is 1. The van der Waals surface area contributed by atoms with E-state index in [9.17, 15) is 4.39 Å². The average molecular weight is 183 g/mol. The topological polar surface area (TPSA) is 21.3 Å². The van der Waals surface area contributed by atoms with Crippen molar-refractivity contribution < 1.29 is 9.13 Å². The van der Waals surface area contributed by atoms with Crippen LogP contribution in [0, 0.1) is 5.82 Å². The summed E-state index contributed by atoms with van der Waals surface area (Å²) in [5.41, 5.74) is 1.00. The fraction of sp³-hybridized carbons (Fsp3) is 0.400. The first-order valence-electron chi connectivity index (χ1n) is 4.27. The number of nitrogens with one attached hydrogen (secondary N) is 1. The molecule has 0 heterocycles. The van der Waals surface area contributed by atoms with E-state index >= 15 is 0 Å². The van der Waals surface area contributed by atoms with Crippen molar-refractivity contribution in [3.63, 3.8) is 0 Å². The van der Waals surface area contributed by atoms with Crippen molar-refractivity contribution >= 4 is 0 Å². The SMILES string of the molecule is COCNCCc1cccc(F)c1. The van der Waals surface area contributed by atoms with E-state index in [1.807, 2.05) is 6.07 Å². The molecule has 1 rings (SSSR count). The molecule has 0 saturated carbocycles. The molecule has 72 valence electrons. The molecule has 0 radical (unpaired) electrons. The molecule has 13 heavy (non-hydrogen) atoms. The van der Waals surface area contributed by atoms with Crippen molar-refractivity contribution in [1.82, 2.24) is 5.32 Å². The van der Waals surface area contributed by atoms with Crippen molar-refractivity contribution in [3.05, 3.63) is 35.6 Å². The molecular formula is C10H14FNO. The summed E-state index contributed by atoms with van der Waals surface area (Å²) in [7, 11) is 1.63. The second-order valence-corrected chi connectivity index (χ2v) is 2.81. The number of methoxy groups -OCH3 is 1. The van der Waals surface area contributed by atoms with Gasteiger partial charge in [0.15, 0.2) is 0 Å². The number of rotatable bonds is 5. The first kappa shape index (κ1) is 10.2. The quantitative estimate of drug-likeness (QED) is 0.552. The predicted octanol–water partition coefficient (Wildman–Crippen LogP) is 1.56. The van der Waals surface area contributed by atoms with Crippen LogP contribution >= 0.6 is 0 Å². The van der Waals surface area contributed by atoms with E-state index in [4.69, 9.17) is 4.74 Å². The summed E-state index contributed by atoms with van der Waals surface area (Å²) >= 11 is 0. The monoisotopic (exact) mass is 183 g/mol. The molecule has 0 aromatic heterocycles. The molecule has 0 aliphatic heterocycles. The molecule has 0 unspecified atom stereocenters. The van der Waals surface area contributed by atoms with Crippen LogP contribution in [-0.2, 0) is 11.2 Å². The fourth-order valence-corrected chi connectivity index (χ4v) is 1.10. The molecule has 1 aromatic rings. The van der Waals surface area contributed by atoms with Crippen molar-refractivity contribution in [2.45, 2.75) is 6.42 Å². The summed E-state index contributed by atoms with van der Waals surface area (Å²) in [6.45, 7) is 1.34. The minimum Gasteiger partial charge on any atom is -0.370 e. The second kappa shape index (κ2) is 5.67. The fourth-order valence-electron chi connectivity index (χ4n) is 1.10. The lowest BCUT2D eigenvalue weighted by Crippen LogP contribution is -2.19. The molecule has 0 spiro atoms. The smallest absolute Gasteiger partial charge is 0.123 e. The Hall–Kier alpha value is -0.930. The van der Waals surface area contributed by atoms with Gasteiger partial charge in [0.05, 0.1) is 6.73 Å². The molecule has 3 heteroatoms. The largest absolute Gasteiger partial charge is 0.370 e. The van der Waals surface area contributed by atoms with Crippen LogP contribution in [0.25, 0.3) is 0 Å². The third-order valence-corrected chi connectivity index (χ3v) is 1.73. The summed E-state index contributed by atoms with van der Waals surface area (Å²) < 4.78 is 17.5. The minimum absolute atomic E-state index is 0.177. The third kappa shape index (κ3) is 4.01. The Morgan fingerprint density at radius 2 is 2.31 bits per heavy atom. The molecule has 0 bridgehead atoms. The van der Waals surface area contributed by atoms with Crippen LogP contribution in [0.5, 0.6) is 0 Å². The Labute approximate surface area is 77.7 Å². The molecular weight excluding hydrogens is 169 g/mol. The van der Waals surface area contributed by atoms with Gasteiger partial charge < -0.3 is 4.74 Å². The van der Waals surface area contributed by atoms with Crippen molar-refractivity contribution in [1.29, 1.82) is 0 Å². The van der Waals surface area contributed by atoms with Crippen LogP contribution < -0.4 is 5.32 Å². The van der Waals surface area contributed by atoms with Crippen LogP contribution in [0.3, 0.4) is 0 Å². The van der Waals surface area contributed by atoms with Gasteiger partial charge in [-0.05, 0) is 24.1 Å². The van der Waals surface area contributed by atoms with E-state index in [0.29, 0.717) is 6.73 Å². The van der Waals surface area contributed by atoms with Gasteiger partial charge in [-0.25, -0.2) is 4.39 Å². The van der Waals surface area contributed by atoms with Crippen molar-refractivity contribution in [2.75, 3.05) is 20.4 Å². The lowest BCUT2D eigenvalue weighted by molar-refractivity contribution is 0.176. The molecule has 0 aliphatic rings. The first-order valence-corrected chi connectivity index (χ1v) is 4.27. The summed E-state index contributed by atoms with van der Waals surface area (Å²) in [5, 5.41) is 3.06. The van der Waals surface area contributed by atoms with E-state index in [1.165, 1.54) is 6.07 Å². The van der Waals surface area contributed by atoms with Gasteiger partial charge in [-0.1, -0.05) is 12.1 Å². The Bertz CT molecular complexity index is 252. The van der Waals surface area contributed by atoms with Crippen LogP contribution in [0.2, 0.25) is 0 Å². The summed E-state index contributed by atoms with van der Waals surface area (Å²) in [5.74, 6) is -0.177. The van der Waals surface area contributed by atoms with Gasteiger partial charge in [-0.3, -0.25) is 5.32 Å². The zero-order valence-corrected chi connectivity index (χ0v) is 7.72. The molecule has 0 amide bonds. The Kier molecular flexibility index (Phi) is 4.43. The highest BCUT2D eigenvalue weighted by atomic mass is 19.1. The van der Waals surface area contributed by atoms with Crippen molar-refractivity contribution in [2.24, 2.45) is 0 Å². The number of hydrogen-bond acceptors (Lipinski definition) is 2. The predicted molar refractivity (Wildman–Crippen MR) is 50.0 cm³/mol. The Morgan fingerprint density at radius 3 is 3.00 bits per heavy atom. The van der Waals surface area contributed by atoms with E-state index in [2.05, 4.69) is 5.32 Å². The number of benzene rings is 1. The summed E-state index contributed by atoms with van der Waals surface area (Å²) in [6.07, 6.45) is 0.821. The van der Waals surface area contributed by atoms with Gasteiger partial charge >= 0.3 is 0 Å². The normalized spacial score (nSPS) is 10.3. The van der Waals surface area contributed by atoms with Gasteiger partial charge in [0, 0.05) is 13.7 Å². The molecule has 0 saturated heterocycles. The van der Waals surface area contributed by atoms with Crippen LogP contribution in [0.1, 0.15) is 5.56 Å². The molecule has 0 fully saturated rings. The number of hydrogen-bond donors (Lipinski definition) is 1. The molecule has 1 N–H and O–H groups in total. The third-order valence-electron chi connectivity index (χ3n) is 1.73. The second-order valence-electron chi connectivity index (χ2n) is 2.81. The Morgan fingerprint density at radius 1 is 1.46 bits per heavy atom. The summed E-state index contributed by atoms with van der Waals surface area (Å²) in [6, 6.07) is 6.64.